The number of urea groups is 1. The number of alkyl carbamates (subject to hydrolysis) is 3. The number of ether oxygens (including phenoxy) is 6. The highest BCUT2D eigenvalue weighted by atomic mass is 17.2. The smallest absolute Gasteiger partial charge is 0.407 e. The normalized spacial score (nSPS) is 23.5. The first-order chi connectivity index (χ1) is 25.2. The first-order valence-corrected chi connectivity index (χ1v) is 18.6. The summed E-state index contributed by atoms with van der Waals surface area (Å²) in [5, 5.41) is 14.0. The molecule has 18 nitrogen and oxygen atoms in total. The highest BCUT2D eigenvalue weighted by molar-refractivity contribution is 5.77. The number of unbranched alkanes of at least 4 members (excludes halogenated alkanes) is 4. The van der Waals surface area contributed by atoms with Gasteiger partial charge in [-0.05, 0) is 70.1 Å². The van der Waals surface area contributed by atoms with Gasteiger partial charge in [0.25, 0.3) is 0 Å². The lowest BCUT2D eigenvalue weighted by molar-refractivity contribution is -0.466. The molecular formula is C34H59N5O13. The molecule has 1 aliphatic carbocycles. The van der Waals surface area contributed by atoms with E-state index in [0.717, 1.165) is 44.9 Å². The molecule has 0 aromatic rings. The summed E-state index contributed by atoms with van der Waals surface area (Å²) in [5.41, 5.74) is 0. The molecule has 0 radical (unpaired) electrons. The quantitative estimate of drug-likeness (QED) is 0.0393. The summed E-state index contributed by atoms with van der Waals surface area (Å²) in [4.78, 5) is 69.3. The molecule has 2 heterocycles. The number of hydrogen-bond donors (Lipinski definition) is 5. The Labute approximate surface area is 305 Å². The lowest BCUT2D eigenvalue weighted by atomic mass is 9.96. The molecule has 2 saturated heterocycles. The first kappa shape index (κ1) is 42.8. The molecule has 0 spiro atoms. The molecule has 2 aliphatic heterocycles. The SMILES string of the molecule is COC(=O)CC1CCC(CCCCCOC(=O)NCCCCNC(=O)OCCOCCOC(=O)NCCCC[C@@H]2CCC3NC(=O)NC32)(OC)OO1. The second-order valence-corrected chi connectivity index (χ2v) is 13.1. The summed E-state index contributed by atoms with van der Waals surface area (Å²) in [6.45, 7) is 2.10. The molecule has 5 N–H and O–H groups in total. The van der Waals surface area contributed by atoms with Gasteiger partial charge in [-0.2, -0.15) is 0 Å². The molecule has 0 aromatic carbocycles. The molecule has 0 bridgehead atoms. The van der Waals surface area contributed by atoms with Crippen LogP contribution in [0.1, 0.15) is 89.9 Å². The molecule has 5 amide bonds. The summed E-state index contributed by atoms with van der Waals surface area (Å²) < 4.78 is 30.9. The minimum absolute atomic E-state index is 0.0577. The molecule has 1 saturated carbocycles. The van der Waals surface area contributed by atoms with Crippen molar-refractivity contribution in [2.24, 2.45) is 5.92 Å². The molecular weight excluding hydrogens is 686 g/mol. The van der Waals surface area contributed by atoms with Gasteiger partial charge in [0.05, 0.1) is 45.4 Å². The van der Waals surface area contributed by atoms with Crippen molar-refractivity contribution in [3.63, 3.8) is 0 Å². The number of fused-ring (bicyclic) bond motifs is 1. The highest BCUT2D eigenvalue weighted by Crippen LogP contribution is 2.34. The number of nitrogens with one attached hydrogen (secondary N) is 5. The van der Waals surface area contributed by atoms with Crippen molar-refractivity contribution in [2.45, 2.75) is 114 Å². The van der Waals surface area contributed by atoms with Crippen LogP contribution in [0.15, 0.2) is 0 Å². The van der Waals surface area contributed by atoms with Gasteiger partial charge in [0, 0.05) is 39.6 Å². The number of hydrogen-bond acceptors (Lipinski definition) is 13. The van der Waals surface area contributed by atoms with E-state index in [1.165, 1.54) is 7.11 Å². The molecule has 5 atom stereocenters. The third-order valence-corrected chi connectivity index (χ3v) is 9.35. The molecule has 3 fully saturated rings. The topological polar surface area (TPSA) is 219 Å². The van der Waals surface area contributed by atoms with E-state index in [1.54, 1.807) is 7.11 Å². The van der Waals surface area contributed by atoms with E-state index in [9.17, 15) is 24.0 Å². The Morgan fingerprint density at radius 3 is 1.98 bits per heavy atom. The van der Waals surface area contributed by atoms with Crippen molar-refractivity contribution in [1.29, 1.82) is 0 Å². The molecule has 3 aliphatic rings. The fourth-order valence-electron chi connectivity index (χ4n) is 6.42. The zero-order chi connectivity index (χ0) is 37.4. The third kappa shape index (κ3) is 16.8. The fourth-order valence-corrected chi connectivity index (χ4v) is 6.42. The average molecular weight is 746 g/mol. The van der Waals surface area contributed by atoms with Crippen molar-refractivity contribution in [1.82, 2.24) is 26.6 Å². The highest BCUT2D eigenvalue weighted by Gasteiger charge is 2.42. The minimum atomic E-state index is -0.846. The standard InChI is InChI=1S/C34H59N5O13/c1-45-28(40)24-26-13-15-34(46-2,52-51-26)14-5-3-9-19-48-31(42)36-17-7-8-18-37-33(44)50-23-21-47-20-22-49-32(43)35-16-6-4-10-25-11-12-27-29(25)39-30(41)38-27/h25-27,29H,3-24H2,1-2H3,(H,35,43)(H,36,42)(H,37,44)(H2,38,39,41)/t25-,26?,27?,29?,34?/m1/s1. The van der Waals surface area contributed by atoms with Crippen molar-refractivity contribution in [3.8, 4) is 0 Å². The fraction of sp³-hybridized carbons (Fsp3) is 0.853. The molecule has 298 valence electrons. The van der Waals surface area contributed by atoms with E-state index in [-0.39, 0.29) is 69.6 Å². The van der Waals surface area contributed by atoms with Crippen LogP contribution in [0.3, 0.4) is 0 Å². The monoisotopic (exact) mass is 745 g/mol. The van der Waals surface area contributed by atoms with Crippen molar-refractivity contribution < 1.29 is 62.2 Å². The van der Waals surface area contributed by atoms with E-state index >= 15 is 0 Å². The summed E-state index contributed by atoms with van der Waals surface area (Å²) in [6.07, 6.45) is 8.56. The zero-order valence-electron chi connectivity index (χ0n) is 30.7. The van der Waals surface area contributed by atoms with Crippen LogP contribution < -0.4 is 26.6 Å². The van der Waals surface area contributed by atoms with Gasteiger partial charge in [-0.1, -0.05) is 6.42 Å². The van der Waals surface area contributed by atoms with Gasteiger partial charge in [-0.3, -0.25) is 4.79 Å². The summed E-state index contributed by atoms with van der Waals surface area (Å²) in [7, 11) is 2.90. The molecule has 0 aromatic heterocycles. The van der Waals surface area contributed by atoms with Gasteiger partial charge < -0.3 is 55.0 Å². The Bertz CT molecular complexity index is 1090. The number of rotatable bonds is 25. The Morgan fingerprint density at radius 2 is 1.38 bits per heavy atom. The zero-order valence-corrected chi connectivity index (χ0v) is 30.7. The maximum atomic E-state index is 11.9. The van der Waals surface area contributed by atoms with Crippen LogP contribution in [-0.2, 0) is 43.0 Å². The third-order valence-electron chi connectivity index (χ3n) is 9.35. The van der Waals surface area contributed by atoms with Crippen LogP contribution in [0.25, 0.3) is 0 Å². The van der Waals surface area contributed by atoms with Crippen LogP contribution in [0.2, 0.25) is 0 Å². The van der Waals surface area contributed by atoms with Crippen molar-refractivity contribution >= 4 is 30.3 Å². The Kier molecular flexibility index (Phi) is 20.2. The van der Waals surface area contributed by atoms with Gasteiger partial charge >= 0.3 is 30.3 Å². The van der Waals surface area contributed by atoms with Crippen LogP contribution >= 0.6 is 0 Å². The lowest BCUT2D eigenvalue weighted by Gasteiger charge is -2.37. The van der Waals surface area contributed by atoms with E-state index in [1.807, 2.05) is 0 Å². The maximum absolute atomic E-state index is 11.9. The van der Waals surface area contributed by atoms with E-state index in [0.29, 0.717) is 64.1 Å². The van der Waals surface area contributed by atoms with Gasteiger partial charge in [-0.25, -0.2) is 29.0 Å². The second-order valence-electron chi connectivity index (χ2n) is 13.1. The molecule has 18 heteroatoms. The largest absolute Gasteiger partial charge is 0.469 e. The van der Waals surface area contributed by atoms with Gasteiger partial charge in [-0.15, -0.1) is 0 Å². The summed E-state index contributed by atoms with van der Waals surface area (Å²) >= 11 is 0. The molecule has 52 heavy (non-hydrogen) atoms. The number of carbonyl (C=O) groups is 5. The van der Waals surface area contributed by atoms with Crippen molar-refractivity contribution in [3.05, 3.63) is 0 Å². The van der Waals surface area contributed by atoms with Gasteiger partial charge in [0.2, 0.25) is 5.79 Å². The van der Waals surface area contributed by atoms with Gasteiger partial charge in [0.1, 0.15) is 19.3 Å². The van der Waals surface area contributed by atoms with Crippen LogP contribution in [-0.4, -0.2) is 121 Å². The average Bonchev–Trinajstić information content (AvgIpc) is 3.70. The van der Waals surface area contributed by atoms with Crippen LogP contribution in [0.4, 0.5) is 19.2 Å². The number of carbonyl (C=O) groups excluding carboxylic acids is 5. The molecule has 4 unspecified atom stereocenters. The Morgan fingerprint density at radius 1 is 0.750 bits per heavy atom. The predicted molar refractivity (Wildman–Crippen MR) is 184 cm³/mol. The first-order valence-electron chi connectivity index (χ1n) is 18.6. The van der Waals surface area contributed by atoms with E-state index in [2.05, 4.69) is 31.3 Å². The number of methoxy groups -OCH3 is 2. The second kappa shape index (κ2) is 24.6. The van der Waals surface area contributed by atoms with Crippen LogP contribution in [0, 0.1) is 5.92 Å². The lowest BCUT2D eigenvalue weighted by Crippen LogP contribution is -2.42. The van der Waals surface area contributed by atoms with Gasteiger partial charge in [0.15, 0.2) is 0 Å². The Hall–Kier alpha value is -3.61. The number of esters is 1. The summed E-state index contributed by atoms with van der Waals surface area (Å²) in [6, 6.07) is 0.413. The predicted octanol–water partition coefficient (Wildman–Crippen LogP) is 3.17. The number of amides is 5. The maximum Gasteiger partial charge on any atom is 0.407 e. The van der Waals surface area contributed by atoms with E-state index in [4.69, 9.17) is 33.5 Å². The molecule has 3 rings (SSSR count). The van der Waals surface area contributed by atoms with Crippen LogP contribution in [0.5, 0.6) is 0 Å². The minimum Gasteiger partial charge on any atom is -0.469 e. The summed E-state index contributed by atoms with van der Waals surface area (Å²) in [5.74, 6) is -0.711. The van der Waals surface area contributed by atoms with E-state index < -0.39 is 24.1 Å². The Balaban J connectivity index is 1.02. The van der Waals surface area contributed by atoms with Crippen molar-refractivity contribution in [2.75, 3.05) is 66.9 Å².